The van der Waals surface area contributed by atoms with Crippen LogP contribution in [0.3, 0.4) is 0 Å². The van der Waals surface area contributed by atoms with Crippen molar-refractivity contribution >= 4 is 39.0 Å². The van der Waals surface area contributed by atoms with Crippen molar-refractivity contribution < 1.29 is 22.3 Å². The first-order valence-corrected chi connectivity index (χ1v) is 11.0. The summed E-state index contributed by atoms with van der Waals surface area (Å²) in [5.41, 5.74) is 6.66. The predicted molar refractivity (Wildman–Crippen MR) is 115 cm³/mol. The molecule has 0 aliphatic heterocycles. The zero-order chi connectivity index (χ0) is 22.8. The largest absolute Gasteiger partial charge is 0.478 e. The van der Waals surface area contributed by atoms with Gasteiger partial charge in [-0.2, -0.15) is 14.4 Å². The van der Waals surface area contributed by atoms with Crippen molar-refractivity contribution in [3.8, 4) is 17.5 Å². The number of nitrogens with zero attached hydrogens (tertiary/aromatic N) is 2. The molecule has 3 rings (SSSR count). The summed E-state index contributed by atoms with van der Waals surface area (Å²) in [6, 6.07) is 10.5. The Kier molecular flexibility index (Phi) is 6.85. The molecule has 3 N–H and O–H groups in total. The summed E-state index contributed by atoms with van der Waals surface area (Å²) in [7, 11) is -3.05. The van der Waals surface area contributed by atoms with E-state index in [0.29, 0.717) is 0 Å². The molecule has 2 aromatic carbocycles. The van der Waals surface area contributed by atoms with E-state index in [2.05, 4.69) is 14.7 Å². The fourth-order valence-electron chi connectivity index (χ4n) is 2.48. The summed E-state index contributed by atoms with van der Waals surface area (Å²) in [6.45, 7) is 1.82. The highest BCUT2D eigenvalue weighted by Crippen LogP contribution is 2.33. The first-order chi connectivity index (χ1) is 14.6. The fourth-order valence-corrected chi connectivity index (χ4v) is 4.25. The minimum Gasteiger partial charge on any atom is -0.478 e. The lowest BCUT2D eigenvalue weighted by Gasteiger charge is -2.13. The second-order valence-electron chi connectivity index (χ2n) is 6.29. The van der Waals surface area contributed by atoms with Crippen LogP contribution < -0.4 is 19.9 Å². The Morgan fingerprint density at radius 1 is 1.10 bits per heavy atom. The van der Waals surface area contributed by atoms with E-state index < -0.39 is 27.7 Å². The minimum atomic E-state index is -4.27. The molecule has 0 spiro atoms. The van der Waals surface area contributed by atoms with Crippen LogP contribution >= 0.6 is 23.2 Å². The molecule has 0 aliphatic rings. The lowest BCUT2D eigenvalue weighted by Crippen LogP contribution is -2.16. The van der Waals surface area contributed by atoms with Gasteiger partial charge in [-0.15, -0.1) is 0 Å². The molecule has 164 valence electrons. The van der Waals surface area contributed by atoms with Crippen molar-refractivity contribution in [3.63, 3.8) is 0 Å². The summed E-state index contributed by atoms with van der Waals surface area (Å²) in [5.74, 6) is -2.19. The number of benzene rings is 2. The number of nitrogens with one attached hydrogen (secondary N) is 1. The van der Waals surface area contributed by atoms with Gasteiger partial charge in [-0.25, -0.2) is 8.42 Å². The van der Waals surface area contributed by atoms with Gasteiger partial charge < -0.3 is 15.2 Å². The van der Waals surface area contributed by atoms with E-state index in [0.717, 1.165) is 5.56 Å². The standard InChI is InChI=1S/C19H17Cl2FN4O4S/c1-10(23)11-6-8-12(9-7-11)30-18-16(22)24-17(19(25-18)29-2)26-31(27,28)14-5-3-4-13(20)15(14)21/h3-10H,23H2,1-2H3,(H,24,26)/t10-/m1/s1. The Balaban J connectivity index is 1.91. The molecule has 0 radical (unpaired) electrons. The maximum absolute atomic E-state index is 14.5. The molecule has 8 nitrogen and oxygen atoms in total. The average Bonchev–Trinajstić information content (AvgIpc) is 2.72. The van der Waals surface area contributed by atoms with Crippen molar-refractivity contribution in [1.82, 2.24) is 9.97 Å². The van der Waals surface area contributed by atoms with Gasteiger partial charge in [-0.05, 0) is 36.8 Å². The van der Waals surface area contributed by atoms with E-state index in [1.54, 1.807) is 24.3 Å². The zero-order valence-corrected chi connectivity index (χ0v) is 18.6. The highest BCUT2D eigenvalue weighted by Gasteiger charge is 2.24. The highest BCUT2D eigenvalue weighted by atomic mass is 35.5. The summed E-state index contributed by atoms with van der Waals surface area (Å²) >= 11 is 11.8. The monoisotopic (exact) mass is 486 g/mol. The molecule has 1 atom stereocenters. The molecule has 1 aromatic heterocycles. The van der Waals surface area contributed by atoms with Gasteiger partial charge in [0.25, 0.3) is 27.7 Å². The maximum atomic E-state index is 14.5. The van der Waals surface area contributed by atoms with E-state index in [1.807, 2.05) is 6.92 Å². The van der Waals surface area contributed by atoms with Crippen LogP contribution in [0.1, 0.15) is 18.5 Å². The Morgan fingerprint density at radius 3 is 2.39 bits per heavy atom. The molecule has 1 heterocycles. The Bertz CT molecular complexity index is 1210. The number of aromatic nitrogens is 2. The average molecular weight is 487 g/mol. The molecule has 0 saturated carbocycles. The van der Waals surface area contributed by atoms with E-state index >= 15 is 0 Å². The smallest absolute Gasteiger partial charge is 0.279 e. The molecule has 0 amide bonds. The molecular weight excluding hydrogens is 470 g/mol. The lowest BCUT2D eigenvalue weighted by molar-refractivity contribution is 0.364. The van der Waals surface area contributed by atoms with Gasteiger partial charge in [0.2, 0.25) is 5.82 Å². The van der Waals surface area contributed by atoms with Gasteiger partial charge in [-0.3, -0.25) is 4.72 Å². The van der Waals surface area contributed by atoms with E-state index in [1.165, 1.54) is 25.3 Å². The quantitative estimate of drug-likeness (QED) is 0.503. The summed E-state index contributed by atoms with van der Waals surface area (Å²) < 4.78 is 52.4. The third-order valence-electron chi connectivity index (χ3n) is 4.04. The van der Waals surface area contributed by atoms with Crippen LogP contribution in [0, 0.1) is 5.95 Å². The SMILES string of the molecule is COc1nc(Oc2ccc([C@@H](C)N)cc2)c(F)nc1NS(=O)(=O)c1cccc(Cl)c1Cl. The van der Waals surface area contributed by atoms with E-state index in [-0.39, 0.29) is 32.6 Å². The van der Waals surface area contributed by atoms with E-state index in [4.69, 9.17) is 38.4 Å². The van der Waals surface area contributed by atoms with Crippen molar-refractivity contribution in [2.45, 2.75) is 17.9 Å². The van der Waals surface area contributed by atoms with Crippen molar-refractivity contribution in [2.24, 2.45) is 5.73 Å². The van der Waals surface area contributed by atoms with Crippen LogP contribution in [0.2, 0.25) is 10.0 Å². The van der Waals surface area contributed by atoms with Gasteiger partial charge in [0.15, 0.2) is 0 Å². The third kappa shape index (κ3) is 5.16. The number of hydrogen-bond acceptors (Lipinski definition) is 7. The van der Waals surface area contributed by atoms with Crippen LogP contribution in [-0.4, -0.2) is 25.5 Å². The Labute approximate surface area is 188 Å². The number of sulfonamides is 1. The van der Waals surface area contributed by atoms with Crippen LogP contribution in [0.5, 0.6) is 17.5 Å². The van der Waals surface area contributed by atoms with Crippen LogP contribution in [-0.2, 0) is 10.0 Å². The number of hydrogen-bond donors (Lipinski definition) is 2. The lowest BCUT2D eigenvalue weighted by atomic mass is 10.1. The topological polar surface area (TPSA) is 116 Å². The molecule has 0 aliphatic carbocycles. The molecule has 0 fully saturated rings. The zero-order valence-electron chi connectivity index (χ0n) is 16.3. The number of rotatable bonds is 7. The molecule has 0 saturated heterocycles. The molecule has 12 heteroatoms. The summed E-state index contributed by atoms with van der Waals surface area (Å²) in [5, 5.41) is -0.160. The highest BCUT2D eigenvalue weighted by molar-refractivity contribution is 7.92. The van der Waals surface area contributed by atoms with Gasteiger partial charge in [-0.1, -0.05) is 41.4 Å². The van der Waals surface area contributed by atoms with Gasteiger partial charge in [0.05, 0.1) is 17.2 Å². The molecule has 3 aromatic rings. The van der Waals surface area contributed by atoms with Crippen molar-refractivity contribution in [2.75, 3.05) is 11.8 Å². The number of methoxy groups -OCH3 is 1. The van der Waals surface area contributed by atoms with Crippen LogP contribution in [0.25, 0.3) is 0 Å². The number of nitrogens with two attached hydrogens (primary N) is 1. The first-order valence-electron chi connectivity index (χ1n) is 8.74. The predicted octanol–water partition coefficient (Wildman–Crippen LogP) is 4.54. The molecular formula is C19H17Cl2FN4O4S. The normalized spacial score (nSPS) is 12.3. The summed E-state index contributed by atoms with van der Waals surface area (Å²) in [4.78, 5) is 7.13. The van der Waals surface area contributed by atoms with E-state index in [9.17, 15) is 12.8 Å². The molecule has 31 heavy (non-hydrogen) atoms. The minimum absolute atomic E-state index is 0.0348. The number of ether oxygens (including phenoxy) is 2. The first kappa shape index (κ1) is 23.0. The summed E-state index contributed by atoms with van der Waals surface area (Å²) in [6.07, 6.45) is 0. The van der Waals surface area contributed by atoms with Gasteiger partial charge >= 0.3 is 0 Å². The van der Waals surface area contributed by atoms with Gasteiger partial charge in [0.1, 0.15) is 10.6 Å². The Morgan fingerprint density at radius 2 is 1.77 bits per heavy atom. The second kappa shape index (κ2) is 9.23. The fraction of sp³-hybridized carbons (Fsp3) is 0.158. The van der Waals surface area contributed by atoms with Crippen molar-refractivity contribution in [1.29, 1.82) is 0 Å². The third-order valence-corrected chi connectivity index (χ3v) is 6.35. The van der Waals surface area contributed by atoms with Crippen LogP contribution in [0.15, 0.2) is 47.4 Å². The molecule has 0 unspecified atom stereocenters. The maximum Gasteiger partial charge on any atom is 0.279 e. The van der Waals surface area contributed by atoms with Crippen LogP contribution in [0.4, 0.5) is 10.2 Å². The van der Waals surface area contributed by atoms with Crippen molar-refractivity contribution in [3.05, 3.63) is 64.0 Å². The number of anilines is 1. The Hall–Kier alpha value is -2.66. The molecule has 0 bridgehead atoms. The van der Waals surface area contributed by atoms with Gasteiger partial charge in [0, 0.05) is 6.04 Å². The second-order valence-corrected chi connectivity index (χ2v) is 8.73. The number of halogens is 3.